The first-order chi connectivity index (χ1) is 8.23. The van der Waals surface area contributed by atoms with E-state index in [1.165, 1.54) is 13.8 Å². The normalized spacial score (nSPS) is 13.7. The first-order valence-electron chi connectivity index (χ1n) is 4.98. The molecule has 0 aliphatic heterocycles. The number of hydrogen-bond donors (Lipinski definition) is 4. The molecule has 0 saturated carbocycles. The Labute approximate surface area is 103 Å². The number of amides is 2. The molecule has 0 radical (unpaired) electrons. The van der Waals surface area contributed by atoms with Gasteiger partial charge in [-0.2, -0.15) is 0 Å². The molecule has 0 saturated heterocycles. The molecule has 0 aromatic carbocycles. The highest BCUT2D eigenvalue weighted by Crippen LogP contribution is 1.85. The van der Waals surface area contributed by atoms with Crippen LogP contribution in [0.2, 0.25) is 0 Å². The number of rotatable bonds is 6. The van der Waals surface area contributed by atoms with Crippen LogP contribution in [0.4, 0.5) is 0 Å². The predicted octanol–water partition coefficient (Wildman–Crippen LogP) is -1.28. The average Bonchev–Trinajstić information content (AvgIpc) is 2.25. The number of aliphatic carboxylic acids is 2. The van der Waals surface area contributed by atoms with Crippen LogP contribution in [0.15, 0.2) is 12.2 Å². The summed E-state index contributed by atoms with van der Waals surface area (Å²) in [6.45, 7) is 2.53. The summed E-state index contributed by atoms with van der Waals surface area (Å²) in [6.07, 6.45) is 1.65. The van der Waals surface area contributed by atoms with E-state index in [0.29, 0.717) is 0 Å². The third kappa shape index (κ3) is 6.26. The molecule has 0 aliphatic carbocycles. The van der Waals surface area contributed by atoms with Gasteiger partial charge in [0, 0.05) is 12.2 Å². The van der Waals surface area contributed by atoms with Crippen LogP contribution in [0.25, 0.3) is 0 Å². The molecule has 0 spiro atoms. The van der Waals surface area contributed by atoms with E-state index in [2.05, 4.69) is 10.6 Å². The minimum atomic E-state index is -1.21. The molecule has 8 heteroatoms. The molecule has 0 rings (SSSR count). The number of carboxylic acids is 2. The van der Waals surface area contributed by atoms with E-state index in [-0.39, 0.29) is 0 Å². The smallest absolute Gasteiger partial charge is 0.325 e. The highest BCUT2D eigenvalue weighted by molar-refractivity contribution is 5.98. The van der Waals surface area contributed by atoms with Gasteiger partial charge in [0.15, 0.2) is 0 Å². The second kappa shape index (κ2) is 7.05. The SMILES string of the molecule is C[C@H](NC(=O)/C=C/C(=O)N[C@@H](C)C(=O)O)C(=O)O. The van der Waals surface area contributed by atoms with Gasteiger partial charge in [0.25, 0.3) is 0 Å². The predicted molar refractivity (Wildman–Crippen MR) is 59.6 cm³/mol. The quantitative estimate of drug-likeness (QED) is 0.439. The summed E-state index contributed by atoms with van der Waals surface area (Å²) in [5.41, 5.74) is 0. The summed E-state index contributed by atoms with van der Waals surface area (Å²) < 4.78 is 0. The lowest BCUT2D eigenvalue weighted by molar-refractivity contribution is -0.141. The van der Waals surface area contributed by atoms with E-state index in [0.717, 1.165) is 12.2 Å². The fourth-order valence-electron chi connectivity index (χ4n) is 0.798. The maximum Gasteiger partial charge on any atom is 0.325 e. The van der Waals surface area contributed by atoms with Crippen LogP contribution in [0.5, 0.6) is 0 Å². The summed E-state index contributed by atoms with van der Waals surface area (Å²) in [5.74, 6) is -3.94. The molecule has 0 bridgehead atoms. The first kappa shape index (κ1) is 15.6. The van der Waals surface area contributed by atoms with Crippen molar-refractivity contribution < 1.29 is 29.4 Å². The van der Waals surface area contributed by atoms with Crippen molar-refractivity contribution in [2.24, 2.45) is 0 Å². The molecule has 0 aromatic rings. The van der Waals surface area contributed by atoms with Crippen molar-refractivity contribution in [1.82, 2.24) is 10.6 Å². The van der Waals surface area contributed by atoms with Crippen LogP contribution < -0.4 is 10.6 Å². The second-order valence-corrected chi connectivity index (χ2v) is 3.47. The van der Waals surface area contributed by atoms with Crippen molar-refractivity contribution in [2.75, 3.05) is 0 Å². The van der Waals surface area contributed by atoms with Crippen LogP contribution in [0, 0.1) is 0 Å². The van der Waals surface area contributed by atoms with Gasteiger partial charge in [-0.15, -0.1) is 0 Å². The average molecular weight is 258 g/mol. The Kier molecular flexibility index (Phi) is 6.11. The highest BCUT2D eigenvalue weighted by atomic mass is 16.4. The lowest BCUT2D eigenvalue weighted by Gasteiger charge is -2.07. The number of nitrogens with one attached hydrogen (secondary N) is 2. The fourth-order valence-corrected chi connectivity index (χ4v) is 0.798. The van der Waals surface area contributed by atoms with Gasteiger partial charge in [0.1, 0.15) is 12.1 Å². The Hall–Kier alpha value is -2.38. The summed E-state index contributed by atoms with van der Waals surface area (Å²) in [6, 6.07) is -2.16. The van der Waals surface area contributed by atoms with Gasteiger partial charge in [0.05, 0.1) is 0 Å². The van der Waals surface area contributed by atoms with Crippen molar-refractivity contribution in [3.05, 3.63) is 12.2 Å². The van der Waals surface area contributed by atoms with Crippen LogP contribution in [-0.4, -0.2) is 46.0 Å². The maximum atomic E-state index is 11.1. The molecule has 4 N–H and O–H groups in total. The molecule has 0 fully saturated rings. The molecular weight excluding hydrogens is 244 g/mol. The van der Waals surface area contributed by atoms with Crippen molar-refractivity contribution in [2.45, 2.75) is 25.9 Å². The van der Waals surface area contributed by atoms with Gasteiger partial charge in [-0.1, -0.05) is 0 Å². The van der Waals surface area contributed by atoms with E-state index in [1.807, 2.05) is 0 Å². The van der Waals surface area contributed by atoms with Crippen LogP contribution in [0.1, 0.15) is 13.8 Å². The zero-order valence-corrected chi connectivity index (χ0v) is 9.84. The number of carbonyl (C=O) groups is 4. The second-order valence-electron chi connectivity index (χ2n) is 3.47. The summed E-state index contributed by atoms with van der Waals surface area (Å²) in [4.78, 5) is 43.1. The van der Waals surface area contributed by atoms with Crippen molar-refractivity contribution in [1.29, 1.82) is 0 Å². The molecule has 18 heavy (non-hydrogen) atoms. The third-order valence-electron chi connectivity index (χ3n) is 1.84. The number of hydrogen-bond acceptors (Lipinski definition) is 4. The Morgan fingerprint density at radius 1 is 0.833 bits per heavy atom. The van der Waals surface area contributed by atoms with Gasteiger partial charge in [-0.25, -0.2) is 0 Å². The van der Waals surface area contributed by atoms with E-state index >= 15 is 0 Å². The molecule has 8 nitrogen and oxygen atoms in total. The van der Waals surface area contributed by atoms with Gasteiger partial charge < -0.3 is 20.8 Å². The molecule has 2 amide bonds. The van der Waals surface area contributed by atoms with Crippen molar-refractivity contribution in [3.8, 4) is 0 Å². The van der Waals surface area contributed by atoms with E-state index in [9.17, 15) is 19.2 Å². The molecule has 0 aliphatic rings. The topological polar surface area (TPSA) is 133 Å². The number of carboxylic acid groups (broad SMARTS) is 2. The Bertz CT molecular complexity index is 354. The molecule has 2 atom stereocenters. The highest BCUT2D eigenvalue weighted by Gasteiger charge is 2.13. The van der Waals surface area contributed by atoms with Crippen molar-refractivity contribution >= 4 is 23.8 Å². The molecule has 0 heterocycles. The molecule has 0 aromatic heterocycles. The number of carbonyl (C=O) groups excluding carboxylic acids is 2. The van der Waals surface area contributed by atoms with E-state index < -0.39 is 35.8 Å². The Balaban J connectivity index is 4.22. The monoisotopic (exact) mass is 258 g/mol. The largest absolute Gasteiger partial charge is 0.480 e. The Morgan fingerprint density at radius 3 is 1.33 bits per heavy atom. The van der Waals surface area contributed by atoms with Gasteiger partial charge >= 0.3 is 11.9 Å². The first-order valence-corrected chi connectivity index (χ1v) is 4.98. The van der Waals surface area contributed by atoms with E-state index in [4.69, 9.17) is 10.2 Å². The third-order valence-corrected chi connectivity index (χ3v) is 1.84. The van der Waals surface area contributed by atoms with Crippen LogP contribution >= 0.6 is 0 Å². The molecular formula is C10H14N2O6. The Morgan fingerprint density at radius 2 is 1.11 bits per heavy atom. The zero-order chi connectivity index (χ0) is 14.3. The lowest BCUT2D eigenvalue weighted by Crippen LogP contribution is -2.39. The van der Waals surface area contributed by atoms with Crippen LogP contribution in [-0.2, 0) is 19.2 Å². The van der Waals surface area contributed by atoms with Gasteiger partial charge in [-0.3, -0.25) is 19.2 Å². The van der Waals surface area contributed by atoms with Crippen LogP contribution in [0.3, 0.4) is 0 Å². The lowest BCUT2D eigenvalue weighted by atomic mass is 10.3. The summed E-state index contributed by atoms with van der Waals surface area (Å²) in [7, 11) is 0. The maximum absolute atomic E-state index is 11.1. The van der Waals surface area contributed by atoms with Crippen molar-refractivity contribution in [3.63, 3.8) is 0 Å². The summed E-state index contributed by atoms with van der Waals surface area (Å²) >= 11 is 0. The molecule has 0 unspecified atom stereocenters. The zero-order valence-electron chi connectivity index (χ0n) is 9.84. The summed E-state index contributed by atoms with van der Waals surface area (Å²) in [5, 5.41) is 21.2. The van der Waals surface area contributed by atoms with E-state index in [1.54, 1.807) is 0 Å². The van der Waals surface area contributed by atoms with Gasteiger partial charge in [-0.05, 0) is 13.8 Å². The standard InChI is InChI=1S/C10H14N2O6/c1-5(9(15)16)11-7(13)3-4-8(14)12-6(2)10(17)18/h3-6H,1-2H3,(H,11,13)(H,12,14)(H,15,16)(H,17,18)/b4-3+/t5-,6-/m0/s1. The fraction of sp³-hybridized carbons (Fsp3) is 0.400. The minimum Gasteiger partial charge on any atom is -0.480 e. The molecule has 100 valence electrons. The van der Waals surface area contributed by atoms with Gasteiger partial charge in [0.2, 0.25) is 11.8 Å². The minimum absolute atomic E-state index is 0.761.